The first kappa shape index (κ1) is 8.34. The lowest BCUT2D eigenvalue weighted by molar-refractivity contribution is -0.111. The lowest BCUT2D eigenvalue weighted by Crippen LogP contribution is -1.99. The van der Waals surface area contributed by atoms with Crippen LogP contribution in [-0.2, 0) is 9.59 Å². The Morgan fingerprint density at radius 1 is 1.44 bits per heavy atom. The highest BCUT2D eigenvalue weighted by atomic mass is 16.1. The lowest BCUT2D eigenvalue weighted by atomic mass is 10.0. The van der Waals surface area contributed by atoms with Gasteiger partial charge in [-0.1, -0.05) is 6.92 Å². The van der Waals surface area contributed by atoms with Gasteiger partial charge in [-0.05, 0) is 12.8 Å². The molecule has 0 rings (SSSR count). The first-order chi connectivity index (χ1) is 4.35. The Bertz CT molecular complexity index is 88.9. The van der Waals surface area contributed by atoms with E-state index in [9.17, 15) is 9.59 Å². The third-order valence-corrected chi connectivity index (χ3v) is 1.37. The molecule has 0 aliphatic carbocycles. The molecule has 2 nitrogen and oxygen atoms in total. The Kier molecular flexibility index (Phi) is 5.07. The van der Waals surface area contributed by atoms with E-state index in [1.807, 2.05) is 6.92 Å². The van der Waals surface area contributed by atoms with Crippen LogP contribution in [0.2, 0.25) is 0 Å². The van der Waals surface area contributed by atoms with Gasteiger partial charge in [-0.3, -0.25) is 0 Å². The molecule has 2 heteroatoms. The summed E-state index contributed by atoms with van der Waals surface area (Å²) in [5.74, 6) is 0.0928. The number of rotatable bonds is 5. The van der Waals surface area contributed by atoms with Crippen LogP contribution in [0.3, 0.4) is 0 Å². The summed E-state index contributed by atoms with van der Waals surface area (Å²) in [6.45, 7) is 1.95. The van der Waals surface area contributed by atoms with Gasteiger partial charge in [-0.2, -0.15) is 0 Å². The molecule has 1 atom stereocenters. The van der Waals surface area contributed by atoms with Crippen molar-refractivity contribution in [2.45, 2.75) is 26.2 Å². The summed E-state index contributed by atoms with van der Waals surface area (Å²) in [7, 11) is 0. The van der Waals surface area contributed by atoms with E-state index in [4.69, 9.17) is 0 Å². The molecule has 0 N–H and O–H groups in total. The van der Waals surface area contributed by atoms with Crippen molar-refractivity contribution in [2.24, 2.45) is 5.92 Å². The maximum absolute atomic E-state index is 10.1. The average Bonchev–Trinajstić information content (AvgIpc) is 1.91. The fourth-order valence-electron chi connectivity index (χ4n) is 0.651. The molecule has 1 unspecified atom stereocenters. The van der Waals surface area contributed by atoms with Crippen molar-refractivity contribution < 1.29 is 9.59 Å². The van der Waals surface area contributed by atoms with E-state index in [2.05, 4.69) is 0 Å². The molecule has 0 amide bonds. The summed E-state index contributed by atoms with van der Waals surface area (Å²) in [6.07, 6.45) is 3.84. The second-order valence-corrected chi connectivity index (χ2v) is 2.05. The minimum absolute atomic E-state index is 0.0928. The van der Waals surface area contributed by atoms with Crippen LogP contribution >= 0.6 is 0 Å². The maximum atomic E-state index is 10.1. The Hall–Kier alpha value is -0.660. The highest BCUT2D eigenvalue weighted by Gasteiger charge is 2.01. The number of aldehydes is 2. The molecule has 0 saturated heterocycles. The molecule has 0 heterocycles. The minimum atomic E-state index is 0.0928. The van der Waals surface area contributed by atoms with Gasteiger partial charge >= 0.3 is 0 Å². The van der Waals surface area contributed by atoms with Gasteiger partial charge in [0.25, 0.3) is 0 Å². The van der Waals surface area contributed by atoms with Crippen LogP contribution < -0.4 is 0 Å². The van der Waals surface area contributed by atoms with Gasteiger partial charge in [0, 0.05) is 12.3 Å². The predicted octanol–water partition coefficient (Wildman–Crippen LogP) is 1.19. The molecule has 0 aliphatic rings. The van der Waals surface area contributed by atoms with E-state index < -0.39 is 0 Å². The largest absolute Gasteiger partial charge is 0.303 e. The molecule has 0 radical (unpaired) electrons. The Morgan fingerprint density at radius 3 is 2.44 bits per heavy atom. The molecule has 0 fully saturated rings. The van der Waals surface area contributed by atoms with Crippen molar-refractivity contribution in [2.75, 3.05) is 0 Å². The smallest absolute Gasteiger partial charge is 0.123 e. The van der Waals surface area contributed by atoms with Gasteiger partial charge in [0.15, 0.2) is 0 Å². The molecule has 0 aromatic heterocycles. The van der Waals surface area contributed by atoms with Crippen molar-refractivity contribution in [1.82, 2.24) is 0 Å². The first-order valence-electron chi connectivity index (χ1n) is 3.24. The second-order valence-electron chi connectivity index (χ2n) is 2.05. The number of hydrogen-bond donors (Lipinski definition) is 0. The van der Waals surface area contributed by atoms with Gasteiger partial charge < -0.3 is 9.59 Å². The summed E-state index contributed by atoms with van der Waals surface area (Å²) >= 11 is 0. The fraction of sp³-hybridized carbons (Fsp3) is 0.714. The number of carbonyl (C=O) groups is 2. The first-order valence-corrected chi connectivity index (χ1v) is 3.24. The van der Waals surface area contributed by atoms with Crippen LogP contribution in [0.15, 0.2) is 0 Å². The van der Waals surface area contributed by atoms with E-state index in [1.165, 1.54) is 0 Å². The van der Waals surface area contributed by atoms with Crippen molar-refractivity contribution in [3.63, 3.8) is 0 Å². The normalized spacial score (nSPS) is 12.6. The van der Waals surface area contributed by atoms with Crippen molar-refractivity contribution >= 4 is 12.6 Å². The van der Waals surface area contributed by atoms with Crippen LogP contribution in [0.5, 0.6) is 0 Å². The fourth-order valence-corrected chi connectivity index (χ4v) is 0.651. The Labute approximate surface area is 55.3 Å². The summed E-state index contributed by atoms with van der Waals surface area (Å²) in [4.78, 5) is 20.0. The van der Waals surface area contributed by atoms with Crippen LogP contribution in [0, 0.1) is 5.92 Å². The highest BCUT2D eigenvalue weighted by Crippen LogP contribution is 2.05. The zero-order valence-electron chi connectivity index (χ0n) is 5.67. The van der Waals surface area contributed by atoms with Crippen LogP contribution in [-0.4, -0.2) is 12.6 Å². The van der Waals surface area contributed by atoms with E-state index >= 15 is 0 Å². The molecular formula is C7H12O2. The van der Waals surface area contributed by atoms with E-state index in [0.717, 1.165) is 19.0 Å². The number of hydrogen-bond acceptors (Lipinski definition) is 2. The molecule has 0 aromatic rings. The zero-order valence-corrected chi connectivity index (χ0v) is 5.67. The van der Waals surface area contributed by atoms with Crippen molar-refractivity contribution in [3.05, 3.63) is 0 Å². The van der Waals surface area contributed by atoms with Gasteiger partial charge in [-0.15, -0.1) is 0 Å². The van der Waals surface area contributed by atoms with Crippen LogP contribution in [0.4, 0.5) is 0 Å². The summed E-state index contributed by atoms with van der Waals surface area (Å²) in [6, 6.07) is 0. The van der Waals surface area contributed by atoms with Crippen molar-refractivity contribution in [1.29, 1.82) is 0 Å². The topological polar surface area (TPSA) is 34.1 Å². The van der Waals surface area contributed by atoms with Crippen molar-refractivity contribution in [3.8, 4) is 0 Å². The minimum Gasteiger partial charge on any atom is -0.303 e. The third kappa shape index (κ3) is 3.88. The molecule has 52 valence electrons. The monoisotopic (exact) mass is 128 g/mol. The Morgan fingerprint density at radius 2 is 2.11 bits per heavy atom. The van der Waals surface area contributed by atoms with E-state index in [0.29, 0.717) is 12.8 Å². The SMILES string of the molecule is CCC(C=O)CCC=O. The number of carbonyl (C=O) groups excluding carboxylic acids is 2. The highest BCUT2D eigenvalue weighted by molar-refractivity contribution is 5.55. The molecule has 9 heavy (non-hydrogen) atoms. The Balaban J connectivity index is 3.30. The molecule has 0 aromatic carbocycles. The molecular weight excluding hydrogens is 116 g/mol. The summed E-state index contributed by atoms with van der Waals surface area (Å²) in [5, 5.41) is 0. The van der Waals surface area contributed by atoms with E-state index in [-0.39, 0.29) is 5.92 Å². The molecule has 0 bridgehead atoms. The van der Waals surface area contributed by atoms with Gasteiger partial charge in [-0.25, -0.2) is 0 Å². The second kappa shape index (κ2) is 5.48. The molecule has 0 saturated carbocycles. The maximum Gasteiger partial charge on any atom is 0.123 e. The van der Waals surface area contributed by atoms with E-state index in [1.54, 1.807) is 0 Å². The van der Waals surface area contributed by atoms with Gasteiger partial charge in [0.05, 0.1) is 0 Å². The molecule has 0 aliphatic heterocycles. The molecule has 0 spiro atoms. The van der Waals surface area contributed by atoms with Crippen LogP contribution in [0.25, 0.3) is 0 Å². The van der Waals surface area contributed by atoms with Gasteiger partial charge in [0.1, 0.15) is 12.6 Å². The third-order valence-electron chi connectivity index (χ3n) is 1.37. The zero-order chi connectivity index (χ0) is 7.11. The standard InChI is InChI=1S/C7H12O2/c1-2-7(6-9)4-3-5-8/h5-7H,2-4H2,1H3. The lowest BCUT2D eigenvalue weighted by Gasteiger charge is -2.00. The quantitative estimate of drug-likeness (QED) is 0.521. The summed E-state index contributed by atoms with van der Waals surface area (Å²) < 4.78 is 0. The summed E-state index contributed by atoms with van der Waals surface area (Å²) in [5.41, 5.74) is 0. The predicted molar refractivity (Wildman–Crippen MR) is 35.1 cm³/mol. The van der Waals surface area contributed by atoms with Crippen LogP contribution in [0.1, 0.15) is 26.2 Å². The van der Waals surface area contributed by atoms with Gasteiger partial charge in [0.2, 0.25) is 0 Å². The average molecular weight is 128 g/mol.